The van der Waals surface area contributed by atoms with Gasteiger partial charge >= 0.3 is 6.18 Å². The van der Waals surface area contributed by atoms with Gasteiger partial charge in [0.25, 0.3) is 0 Å². The zero-order valence-electron chi connectivity index (χ0n) is 15.1. The summed E-state index contributed by atoms with van der Waals surface area (Å²) < 4.78 is 51.7. The molecule has 0 radical (unpaired) electrons. The van der Waals surface area contributed by atoms with Gasteiger partial charge in [0, 0.05) is 10.9 Å². The molecule has 3 aromatic heterocycles. The zero-order chi connectivity index (χ0) is 20.4. The number of benzene rings is 1. The summed E-state index contributed by atoms with van der Waals surface area (Å²) in [7, 11) is 1.56. The summed E-state index contributed by atoms with van der Waals surface area (Å²) >= 11 is 1.08. The Morgan fingerprint density at radius 3 is 2.59 bits per heavy atom. The van der Waals surface area contributed by atoms with Gasteiger partial charge in [-0.2, -0.15) is 18.3 Å². The molecule has 0 amide bonds. The number of thiazole rings is 1. The third kappa shape index (κ3) is 4.09. The third-order valence-electron chi connectivity index (χ3n) is 4.04. The Bertz CT molecular complexity index is 1130. The van der Waals surface area contributed by atoms with Crippen LogP contribution in [-0.2, 0) is 6.18 Å². The maximum absolute atomic E-state index is 13.5. The minimum absolute atomic E-state index is 0.126. The number of ether oxygens (including phenoxy) is 1. The number of halogens is 3. The van der Waals surface area contributed by atoms with Gasteiger partial charge in [0.05, 0.1) is 24.8 Å². The maximum atomic E-state index is 13.5. The molecule has 0 unspecified atom stereocenters. The molecular weight excluding hydrogens is 403 g/mol. The number of nitrogens with zero attached hydrogens (tertiary/aromatic N) is 3. The van der Waals surface area contributed by atoms with Crippen LogP contribution in [0.3, 0.4) is 0 Å². The first-order valence-electron chi connectivity index (χ1n) is 8.43. The van der Waals surface area contributed by atoms with E-state index >= 15 is 0 Å². The van der Waals surface area contributed by atoms with Crippen LogP contribution >= 0.6 is 11.3 Å². The van der Waals surface area contributed by atoms with Crippen molar-refractivity contribution in [2.75, 3.05) is 7.11 Å². The third-order valence-corrected chi connectivity index (χ3v) is 4.86. The van der Waals surface area contributed by atoms with Crippen LogP contribution in [-0.4, -0.2) is 21.9 Å². The molecule has 0 aliphatic carbocycles. The molecule has 0 spiro atoms. The number of rotatable bonds is 5. The normalized spacial score (nSPS) is 12.0. The number of hydrogen-bond donors (Lipinski definition) is 0. The molecule has 4 rings (SSSR count). The summed E-state index contributed by atoms with van der Waals surface area (Å²) in [4.78, 5) is 4.34. The molecule has 9 heteroatoms. The van der Waals surface area contributed by atoms with E-state index in [1.54, 1.807) is 55.0 Å². The molecule has 0 saturated carbocycles. The van der Waals surface area contributed by atoms with Gasteiger partial charge in [0.15, 0.2) is 5.69 Å². The number of methoxy groups -OCH3 is 1. The van der Waals surface area contributed by atoms with Crippen molar-refractivity contribution in [3.8, 4) is 22.1 Å². The Kier molecular flexibility index (Phi) is 4.98. The summed E-state index contributed by atoms with van der Waals surface area (Å²) in [6.45, 7) is 0. The highest BCUT2D eigenvalue weighted by molar-refractivity contribution is 7.12. The van der Waals surface area contributed by atoms with Crippen LogP contribution in [0.5, 0.6) is 5.75 Å². The van der Waals surface area contributed by atoms with Crippen molar-refractivity contribution in [3.63, 3.8) is 0 Å². The lowest BCUT2D eigenvalue weighted by Crippen LogP contribution is -2.13. The Balaban J connectivity index is 1.69. The predicted molar refractivity (Wildman–Crippen MR) is 104 cm³/mol. The van der Waals surface area contributed by atoms with Crippen LogP contribution < -0.4 is 4.74 Å². The van der Waals surface area contributed by atoms with Crippen LogP contribution in [0.4, 0.5) is 13.2 Å². The number of furan rings is 1. The molecule has 4 aromatic rings. The van der Waals surface area contributed by atoms with E-state index in [1.807, 2.05) is 0 Å². The van der Waals surface area contributed by atoms with E-state index in [1.165, 1.54) is 12.3 Å². The topological polar surface area (TPSA) is 53.1 Å². The van der Waals surface area contributed by atoms with Crippen LogP contribution in [0.2, 0.25) is 0 Å². The van der Waals surface area contributed by atoms with Crippen molar-refractivity contribution < 1.29 is 22.3 Å². The van der Waals surface area contributed by atoms with Gasteiger partial charge < -0.3 is 9.15 Å². The first-order valence-corrected chi connectivity index (χ1v) is 9.31. The number of hydrogen-bond acceptors (Lipinski definition) is 5. The summed E-state index contributed by atoms with van der Waals surface area (Å²) in [5, 5.41) is 5.89. The number of aromatic nitrogens is 3. The molecule has 0 aliphatic rings. The summed E-state index contributed by atoms with van der Waals surface area (Å²) in [5.41, 5.74) is 0.582. The van der Waals surface area contributed by atoms with Crippen LogP contribution in [0.15, 0.2) is 58.5 Å². The van der Waals surface area contributed by atoms with E-state index in [0.29, 0.717) is 17.2 Å². The summed E-state index contributed by atoms with van der Waals surface area (Å²) in [6, 6.07) is 11.5. The quantitative estimate of drug-likeness (QED) is 0.413. The van der Waals surface area contributed by atoms with Crippen molar-refractivity contribution in [1.29, 1.82) is 0 Å². The van der Waals surface area contributed by atoms with Crippen molar-refractivity contribution in [3.05, 3.63) is 71.3 Å². The molecule has 0 aliphatic heterocycles. The average molecular weight is 417 g/mol. The van der Waals surface area contributed by atoms with Gasteiger partial charge in [0.2, 0.25) is 5.13 Å². The van der Waals surface area contributed by atoms with Gasteiger partial charge in [-0.3, -0.25) is 0 Å². The smallest absolute Gasteiger partial charge is 0.433 e. The molecule has 1 aromatic carbocycles. The van der Waals surface area contributed by atoms with E-state index in [4.69, 9.17) is 9.15 Å². The SMILES string of the molecule is COc1ccc(-c2csc(-n3nc(/C=C/c4ccco4)cc3C(F)(F)F)n2)cc1. The van der Waals surface area contributed by atoms with E-state index < -0.39 is 11.9 Å². The first-order chi connectivity index (χ1) is 13.9. The molecule has 0 atom stereocenters. The van der Waals surface area contributed by atoms with Crippen molar-refractivity contribution in [2.24, 2.45) is 0 Å². The standard InChI is InChI=1S/C20H14F3N3O2S/c1-27-15-7-4-13(5-8-15)17-12-29-19(24-17)26-18(20(21,22)23)11-14(25-26)6-9-16-3-2-10-28-16/h2-12H,1H3/b9-6+. The van der Waals surface area contributed by atoms with E-state index in [9.17, 15) is 13.2 Å². The second-order valence-corrected chi connectivity index (χ2v) is 6.79. The molecular formula is C20H14F3N3O2S. The van der Waals surface area contributed by atoms with E-state index in [0.717, 1.165) is 27.6 Å². The van der Waals surface area contributed by atoms with Crippen LogP contribution in [0, 0.1) is 0 Å². The van der Waals surface area contributed by atoms with Gasteiger partial charge in [-0.25, -0.2) is 9.67 Å². The monoisotopic (exact) mass is 417 g/mol. The largest absolute Gasteiger partial charge is 0.497 e. The molecule has 0 saturated heterocycles. The molecule has 0 N–H and O–H groups in total. The second kappa shape index (κ2) is 7.59. The highest BCUT2D eigenvalue weighted by atomic mass is 32.1. The lowest BCUT2D eigenvalue weighted by atomic mass is 10.2. The first kappa shape index (κ1) is 19.0. The Hall–Kier alpha value is -3.33. The maximum Gasteiger partial charge on any atom is 0.433 e. The zero-order valence-corrected chi connectivity index (χ0v) is 15.9. The van der Waals surface area contributed by atoms with E-state index in [2.05, 4.69) is 10.1 Å². The lowest BCUT2D eigenvalue weighted by molar-refractivity contribution is -0.142. The highest BCUT2D eigenvalue weighted by Gasteiger charge is 2.36. The number of alkyl halides is 3. The van der Waals surface area contributed by atoms with Crippen molar-refractivity contribution in [2.45, 2.75) is 6.18 Å². The van der Waals surface area contributed by atoms with Crippen LogP contribution in [0.1, 0.15) is 17.1 Å². The fourth-order valence-electron chi connectivity index (χ4n) is 2.64. The Morgan fingerprint density at radius 1 is 1.14 bits per heavy atom. The Morgan fingerprint density at radius 2 is 1.93 bits per heavy atom. The molecule has 5 nitrogen and oxygen atoms in total. The Labute approximate surface area is 167 Å². The van der Waals surface area contributed by atoms with Crippen LogP contribution in [0.25, 0.3) is 28.5 Å². The van der Waals surface area contributed by atoms with Crippen molar-refractivity contribution in [1.82, 2.24) is 14.8 Å². The van der Waals surface area contributed by atoms with E-state index in [-0.39, 0.29) is 10.8 Å². The minimum atomic E-state index is -4.57. The fourth-order valence-corrected chi connectivity index (χ4v) is 3.43. The molecule has 29 heavy (non-hydrogen) atoms. The summed E-state index contributed by atoms with van der Waals surface area (Å²) in [5.74, 6) is 1.20. The van der Waals surface area contributed by atoms with Gasteiger partial charge in [-0.1, -0.05) is 0 Å². The molecule has 3 heterocycles. The highest BCUT2D eigenvalue weighted by Crippen LogP contribution is 2.34. The fraction of sp³-hybridized carbons (Fsp3) is 0.100. The molecule has 0 bridgehead atoms. The van der Waals surface area contributed by atoms with Gasteiger partial charge in [-0.15, -0.1) is 11.3 Å². The summed E-state index contributed by atoms with van der Waals surface area (Å²) in [6.07, 6.45) is -0.0779. The molecule has 148 valence electrons. The minimum Gasteiger partial charge on any atom is -0.497 e. The molecule has 0 fully saturated rings. The second-order valence-electron chi connectivity index (χ2n) is 5.96. The predicted octanol–water partition coefficient (Wildman–Crippen LogP) is 5.79. The van der Waals surface area contributed by atoms with Gasteiger partial charge in [-0.05, 0) is 54.6 Å². The lowest BCUT2D eigenvalue weighted by Gasteiger charge is -2.07. The van der Waals surface area contributed by atoms with Gasteiger partial charge in [0.1, 0.15) is 11.5 Å². The average Bonchev–Trinajstić information content (AvgIpc) is 3.46. The van der Waals surface area contributed by atoms with Crippen molar-refractivity contribution >= 4 is 23.5 Å².